The van der Waals surface area contributed by atoms with Crippen molar-refractivity contribution in [2.45, 2.75) is 25.2 Å². The molecular weight excluding hydrogens is 256 g/mol. The Kier molecular flexibility index (Phi) is 2.94. The van der Waals surface area contributed by atoms with Crippen LogP contribution in [0.5, 0.6) is 0 Å². The molecule has 1 aliphatic rings. The lowest BCUT2D eigenvalue weighted by atomic mass is 9.87. The quantitative estimate of drug-likeness (QED) is 0.747. The van der Waals surface area contributed by atoms with Crippen molar-refractivity contribution in [1.29, 1.82) is 0 Å². The van der Waals surface area contributed by atoms with E-state index >= 15 is 0 Å². The van der Waals surface area contributed by atoms with Crippen molar-refractivity contribution in [3.8, 4) is 0 Å². The van der Waals surface area contributed by atoms with Gasteiger partial charge in [0.15, 0.2) is 5.78 Å². The second-order valence-corrected chi connectivity index (χ2v) is 5.65. The second-order valence-electron chi connectivity index (χ2n) is 5.24. The Balaban J connectivity index is 1.98. The third-order valence-corrected chi connectivity index (χ3v) is 4.35. The first-order valence-corrected chi connectivity index (χ1v) is 6.88. The summed E-state index contributed by atoms with van der Waals surface area (Å²) in [6, 6.07) is 15.6. The molecule has 0 N–H and O–H groups in total. The van der Waals surface area contributed by atoms with Gasteiger partial charge in [-0.3, -0.25) is 4.79 Å². The minimum Gasteiger partial charge on any atom is -0.293 e. The first kappa shape index (κ1) is 12.4. The number of hydrogen-bond donors (Lipinski definition) is 0. The van der Waals surface area contributed by atoms with E-state index in [2.05, 4.69) is 0 Å². The largest absolute Gasteiger partial charge is 0.293 e. The van der Waals surface area contributed by atoms with Crippen LogP contribution >= 0.6 is 11.6 Å². The van der Waals surface area contributed by atoms with Gasteiger partial charge in [-0.1, -0.05) is 54.1 Å². The maximum atomic E-state index is 12.7. The van der Waals surface area contributed by atoms with Gasteiger partial charge in [-0.25, -0.2) is 0 Å². The fourth-order valence-electron chi connectivity index (χ4n) is 2.54. The average Bonchev–Trinajstić information content (AvgIpc) is 3.24. The van der Waals surface area contributed by atoms with Crippen molar-refractivity contribution in [1.82, 2.24) is 0 Å². The molecule has 0 atom stereocenters. The van der Waals surface area contributed by atoms with E-state index < -0.39 is 0 Å². The highest BCUT2D eigenvalue weighted by Crippen LogP contribution is 2.50. The Morgan fingerprint density at radius 1 is 1.11 bits per heavy atom. The predicted octanol–water partition coefficient (Wildman–Crippen LogP) is 4.56. The van der Waals surface area contributed by atoms with E-state index in [1.807, 2.05) is 49.4 Å². The molecule has 0 radical (unpaired) electrons. The van der Waals surface area contributed by atoms with Crippen molar-refractivity contribution in [3.05, 3.63) is 70.2 Å². The number of Topliss-reactive ketones (excluding diaryl/α,β-unsaturated/α-hetero) is 1. The molecule has 2 aromatic rings. The number of hydrogen-bond acceptors (Lipinski definition) is 1. The van der Waals surface area contributed by atoms with Crippen molar-refractivity contribution in [2.75, 3.05) is 0 Å². The van der Waals surface area contributed by atoms with E-state index in [9.17, 15) is 4.79 Å². The Morgan fingerprint density at radius 3 is 2.37 bits per heavy atom. The fraction of sp³-hybridized carbons (Fsp3) is 0.235. The third kappa shape index (κ3) is 2.08. The summed E-state index contributed by atoms with van der Waals surface area (Å²) < 4.78 is 0. The lowest BCUT2D eigenvalue weighted by Gasteiger charge is -2.15. The standard InChI is InChI=1S/C17H15ClO/c1-12-7-8-13(11-15(12)18)16(19)17(9-10-17)14-5-3-2-4-6-14/h2-8,11H,9-10H2,1H3. The van der Waals surface area contributed by atoms with Gasteiger partial charge in [0.1, 0.15) is 0 Å². The molecule has 0 amide bonds. The molecule has 2 heteroatoms. The van der Waals surface area contributed by atoms with Gasteiger partial charge >= 0.3 is 0 Å². The predicted molar refractivity (Wildman–Crippen MR) is 77.9 cm³/mol. The van der Waals surface area contributed by atoms with Gasteiger partial charge in [-0.2, -0.15) is 0 Å². The molecule has 0 heterocycles. The topological polar surface area (TPSA) is 17.1 Å². The first-order valence-electron chi connectivity index (χ1n) is 6.50. The lowest BCUT2D eigenvalue weighted by Crippen LogP contribution is -2.20. The molecule has 3 rings (SSSR count). The minimum absolute atomic E-state index is 0.195. The molecule has 0 unspecified atom stereocenters. The first-order chi connectivity index (χ1) is 9.13. The third-order valence-electron chi connectivity index (χ3n) is 3.95. The SMILES string of the molecule is Cc1ccc(C(=O)C2(c3ccccc3)CC2)cc1Cl. The minimum atomic E-state index is -0.306. The number of benzene rings is 2. The molecule has 0 spiro atoms. The summed E-state index contributed by atoms with van der Waals surface area (Å²) in [5, 5.41) is 0.662. The number of ketones is 1. The highest BCUT2D eigenvalue weighted by molar-refractivity contribution is 6.31. The summed E-state index contributed by atoms with van der Waals surface area (Å²) in [5.74, 6) is 0.195. The smallest absolute Gasteiger partial charge is 0.173 e. The van der Waals surface area contributed by atoms with Crippen molar-refractivity contribution < 1.29 is 4.79 Å². The molecule has 1 saturated carbocycles. The molecule has 96 valence electrons. The molecule has 1 nitrogen and oxygen atoms in total. The van der Waals surface area contributed by atoms with Gasteiger partial charge in [0, 0.05) is 10.6 Å². The van der Waals surface area contributed by atoms with Crippen LogP contribution in [-0.2, 0) is 5.41 Å². The normalized spacial score (nSPS) is 16.1. The molecule has 0 bridgehead atoms. The van der Waals surface area contributed by atoms with Crippen molar-refractivity contribution in [2.24, 2.45) is 0 Å². The highest BCUT2D eigenvalue weighted by Gasteiger charge is 2.51. The van der Waals surface area contributed by atoms with E-state index in [1.165, 1.54) is 0 Å². The molecule has 1 fully saturated rings. The molecule has 2 aromatic carbocycles. The van der Waals surface area contributed by atoms with E-state index in [0.29, 0.717) is 5.02 Å². The number of carbonyl (C=O) groups is 1. The Bertz CT molecular complexity index is 627. The maximum Gasteiger partial charge on any atom is 0.173 e. The van der Waals surface area contributed by atoms with Crippen LogP contribution in [0.3, 0.4) is 0 Å². The highest BCUT2D eigenvalue weighted by atomic mass is 35.5. The Morgan fingerprint density at radius 2 is 1.79 bits per heavy atom. The number of carbonyl (C=O) groups excluding carboxylic acids is 1. The van der Waals surface area contributed by atoms with Crippen LogP contribution in [0.2, 0.25) is 5.02 Å². The van der Waals surface area contributed by atoms with Gasteiger partial charge in [0.25, 0.3) is 0 Å². The van der Waals surface area contributed by atoms with E-state index in [-0.39, 0.29) is 11.2 Å². The summed E-state index contributed by atoms with van der Waals surface area (Å²) in [4.78, 5) is 12.7. The molecule has 0 aromatic heterocycles. The Labute approximate surface area is 118 Å². The van der Waals surface area contributed by atoms with Crippen LogP contribution in [0, 0.1) is 6.92 Å². The van der Waals surface area contributed by atoms with Crippen LogP contribution in [0.15, 0.2) is 48.5 Å². The molecule has 0 saturated heterocycles. The van der Waals surface area contributed by atoms with E-state index in [0.717, 1.165) is 29.5 Å². The van der Waals surface area contributed by atoms with Crippen LogP contribution < -0.4 is 0 Å². The van der Waals surface area contributed by atoms with Gasteiger partial charge in [0.05, 0.1) is 5.41 Å². The zero-order valence-corrected chi connectivity index (χ0v) is 11.6. The summed E-state index contributed by atoms with van der Waals surface area (Å²) in [6.07, 6.45) is 1.86. The average molecular weight is 271 g/mol. The van der Waals surface area contributed by atoms with Gasteiger partial charge in [0.2, 0.25) is 0 Å². The van der Waals surface area contributed by atoms with Gasteiger partial charge in [-0.15, -0.1) is 0 Å². The summed E-state index contributed by atoms with van der Waals surface area (Å²) >= 11 is 6.12. The van der Waals surface area contributed by atoms with Crippen LogP contribution in [-0.4, -0.2) is 5.78 Å². The summed E-state index contributed by atoms with van der Waals surface area (Å²) in [5.41, 5.74) is 2.54. The molecule has 0 aliphatic heterocycles. The monoisotopic (exact) mass is 270 g/mol. The number of halogens is 1. The molecular formula is C17H15ClO. The zero-order valence-electron chi connectivity index (χ0n) is 10.8. The second kappa shape index (κ2) is 4.50. The molecule has 19 heavy (non-hydrogen) atoms. The van der Waals surface area contributed by atoms with E-state index in [4.69, 9.17) is 11.6 Å². The van der Waals surface area contributed by atoms with Gasteiger partial charge < -0.3 is 0 Å². The van der Waals surface area contributed by atoms with Crippen molar-refractivity contribution in [3.63, 3.8) is 0 Å². The maximum absolute atomic E-state index is 12.7. The van der Waals surface area contributed by atoms with Crippen LogP contribution in [0.25, 0.3) is 0 Å². The number of rotatable bonds is 3. The van der Waals surface area contributed by atoms with Crippen molar-refractivity contribution >= 4 is 17.4 Å². The zero-order chi connectivity index (χ0) is 13.5. The Hall–Kier alpha value is -1.60. The summed E-state index contributed by atoms with van der Waals surface area (Å²) in [6.45, 7) is 1.95. The van der Waals surface area contributed by atoms with Crippen LogP contribution in [0.1, 0.15) is 34.3 Å². The molecule has 1 aliphatic carbocycles. The van der Waals surface area contributed by atoms with Gasteiger partial charge in [-0.05, 0) is 37.0 Å². The number of aryl methyl sites for hydroxylation is 1. The summed E-state index contributed by atoms with van der Waals surface area (Å²) in [7, 11) is 0. The van der Waals surface area contributed by atoms with Crippen LogP contribution in [0.4, 0.5) is 0 Å². The fourth-order valence-corrected chi connectivity index (χ4v) is 2.72. The van der Waals surface area contributed by atoms with E-state index in [1.54, 1.807) is 6.07 Å². The lowest BCUT2D eigenvalue weighted by molar-refractivity contribution is 0.0946.